The molecule has 0 saturated carbocycles. The summed E-state index contributed by atoms with van der Waals surface area (Å²) in [6, 6.07) is 9.87. The zero-order valence-corrected chi connectivity index (χ0v) is 26.5. The molecule has 0 spiro atoms. The SMILES string of the molecule is NCc1cccc(C2CCN(C(=O)c3cc(OC(=O)C(F)(F)F)c(OC(=O)C(F)(F)F)c(CCc4ccc(N)nc4)c3OC(=O)C(F)(F)F)CC2)c1. The van der Waals surface area contributed by atoms with Crippen LogP contribution in [0.4, 0.5) is 45.3 Å². The Labute approximate surface area is 287 Å². The number of amides is 1. The van der Waals surface area contributed by atoms with Crippen molar-refractivity contribution in [3.05, 3.63) is 76.5 Å². The van der Waals surface area contributed by atoms with E-state index in [4.69, 9.17) is 11.5 Å². The lowest BCUT2D eigenvalue weighted by molar-refractivity contribution is -0.192. The molecular formula is C32H27F9N4O7. The first-order chi connectivity index (χ1) is 24.2. The van der Waals surface area contributed by atoms with Crippen molar-refractivity contribution in [1.82, 2.24) is 9.88 Å². The van der Waals surface area contributed by atoms with Crippen LogP contribution in [0.5, 0.6) is 17.2 Å². The molecule has 1 aliphatic rings. The fraction of sp³-hybridized carbons (Fsp3) is 0.344. The van der Waals surface area contributed by atoms with E-state index in [-0.39, 0.29) is 55.8 Å². The Balaban J connectivity index is 1.89. The van der Waals surface area contributed by atoms with Crippen LogP contribution in [0.1, 0.15) is 51.4 Å². The van der Waals surface area contributed by atoms with Crippen LogP contribution in [0, 0.1) is 0 Å². The fourth-order valence-electron chi connectivity index (χ4n) is 5.24. The van der Waals surface area contributed by atoms with Crippen LogP contribution in [0.25, 0.3) is 0 Å². The van der Waals surface area contributed by atoms with Gasteiger partial charge in [-0.15, -0.1) is 0 Å². The highest BCUT2D eigenvalue weighted by molar-refractivity contribution is 6.00. The summed E-state index contributed by atoms with van der Waals surface area (Å²) in [6.45, 7) is 0.00710. The Morgan fingerprint density at radius 3 is 1.87 bits per heavy atom. The standard InChI is InChI=1S/C32H27F9N4O7/c33-30(34,35)27(47)50-22-13-21(26(46)45-10-8-18(9-11-45)19-3-1-2-17(12-19)14-42)24(51-28(48)31(36,37)38)20(25(22)52-29(49)32(39,40)41)6-4-16-5-7-23(43)44-15-16/h1-3,5,7,12-13,15,18H,4,6,8-11,14,42H2,(H2,43,44). The molecule has 4 rings (SSSR count). The Kier molecular flexibility index (Phi) is 11.7. The van der Waals surface area contributed by atoms with Crippen molar-refractivity contribution in [1.29, 1.82) is 0 Å². The average molecular weight is 751 g/mol. The lowest BCUT2D eigenvalue weighted by atomic mass is 9.88. The number of alkyl halides is 9. The molecule has 0 unspecified atom stereocenters. The van der Waals surface area contributed by atoms with Crippen molar-refractivity contribution in [2.75, 3.05) is 18.8 Å². The van der Waals surface area contributed by atoms with Gasteiger partial charge in [0.15, 0.2) is 17.2 Å². The summed E-state index contributed by atoms with van der Waals surface area (Å²) >= 11 is 0. The molecule has 2 aromatic carbocycles. The summed E-state index contributed by atoms with van der Waals surface area (Å²) in [5.41, 5.74) is 10.8. The highest BCUT2D eigenvalue weighted by Gasteiger charge is 2.47. The monoisotopic (exact) mass is 750 g/mol. The Morgan fingerprint density at radius 2 is 1.33 bits per heavy atom. The maximum Gasteiger partial charge on any atom is 0.491 e. The second kappa shape index (κ2) is 15.5. The number of nitrogen functional groups attached to an aromatic ring is 1. The maximum atomic E-state index is 13.9. The predicted molar refractivity (Wildman–Crippen MR) is 160 cm³/mol. The van der Waals surface area contributed by atoms with Crippen LogP contribution >= 0.6 is 0 Å². The predicted octanol–water partition coefficient (Wildman–Crippen LogP) is 5.33. The lowest BCUT2D eigenvalue weighted by Gasteiger charge is -2.33. The normalized spacial score (nSPS) is 14.2. The second-order valence-corrected chi connectivity index (χ2v) is 11.3. The van der Waals surface area contributed by atoms with Crippen molar-refractivity contribution in [3.63, 3.8) is 0 Å². The van der Waals surface area contributed by atoms with Gasteiger partial charge < -0.3 is 30.6 Å². The third kappa shape index (κ3) is 9.68. The van der Waals surface area contributed by atoms with Gasteiger partial charge >= 0.3 is 36.4 Å². The van der Waals surface area contributed by atoms with Gasteiger partial charge in [-0.3, -0.25) is 4.79 Å². The van der Waals surface area contributed by atoms with Gasteiger partial charge in [0.05, 0.1) is 5.56 Å². The van der Waals surface area contributed by atoms with Gasteiger partial charge in [-0.05, 0) is 54.4 Å². The number of hydrogen-bond acceptors (Lipinski definition) is 10. The lowest BCUT2D eigenvalue weighted by Crippen LogP contribution is -2.39. The number of ether oxygens (including phenoxy) is 3. The molecule has 11 nitrogen and oxygen atoms in total. The molecule has 3 aromatic rings. The van der Waals surface area contributed by atoms with E-state index in [2.05, 4.69) is 19.2 Å². The van der Waals surface area contributed by atoms with E-state index in [9.17, 15) is 58.7 Å². The zero-order chi connectivity index (χ0) is 38.6. The van der Waals surface area contributed by atoms with Gasteiger partial charge in [0.1, 0.15) is 5.82 Å². The van der Waals surface area contributed by atoms with Crippen molar-refractivity contribution < 1.29 is 72.9 Å². The Bertz CT molecular complexity index is 1820. The topological polar surface area (TPSA) is 164 Å². The molecule has 52 heavy (non-hydrogen) atoms. The van der Waals surface area contributed by atoms with E-state index in [0.29, 0.717) is 0 Å². The molecule has 280 valence electrons. The van der Waals surface area contributed by atoms with E-state index >= 15 is 0 Å². The van der Waals surface area contributed by atoms with Crippen LogP contribution in [0.3, 0.4) is 0 Å². The van der Waals surface area contributed by atoms with Crippen molar-refractivity contribution >= 4 is 29.6 Å². The van der Waals surface area contributed by atoms with Gasteiger partial charge in [-0.2, -0.15) is 39.5 Å². The van der Waals surface area contributed by atoms with E-state index in [1.54, 1.807) is 18.2 Å². The van der Waals surface area contributed by atoms with Crippen LogP contribution in [0.15, 0.2) is 48.7 Å². The molecule has 1 amide bonds. The number of halogens is 9. The second-order valence-electron chi connectivity index (χ2n) is 11.3. The highest BCUT2D eigenvalue weighted by atomic mass is 19.4. The number of aryl methyl sites for hydroxylation is 1. The van der Waals surface area contributed by atoms with Crippen LogP contribution in [0.2, 0.25) is 0 Å². The number of carbonyl (C=O) groups is 4. The molecule has 0 atom stereocenters. The van der Waals surface area contributed by atoms with Gasteiger partial charge in [-0.1, -0.05) is 30.3 Å². The number of pyridine rings is 1. The average Bonchev–Trinajstić information content (AvgIpc) is 3.08. The molecule has 0 radical (unpaired) electrons. The van der Waals surface area contributed by atoms with E-state index in [1.807, 2.05) is 6.07 Å². The van der Waals surface area contributed by atoms with Crippen molar-refractivity contribution in [2.24, 2.45) is 5.73 Å². The van der Waals surface area contributed by atoms with Crippen LogP contribution in [-0.2, 0) is 33.8 Å². The summed E-state index contributed by atoms with van der Waals surface area (Å²) in [7, 11) is 0. The number of benzene rings is 2. The van der Waals surface area contributed by atoms with Crippen LogP contribution < -0.4 is 25.7 Å². The van der Waals surface area contributed by atoms with Crippen LogP contribution in [-0.4, -0.2) is 65.3 Å². The molecule has 1 saturated heterocycles. The Hall–Kier alpha value is -5.40. The first kappa shape index (κ1) is 39.4. The van der Waals surface area contributed by atoms with Gasteiger partial charge in [-0.25, -0.2) is 19.4 Å². The first-order valence-electron chi connectivity index (χ1n) is 15.0. The largest absolute Gasteiger partial charge is 0.491 e. The van der Waals surface area contributed by atoms with E-state index < -0.39 is 83.6 Å². The molecular weight excluding hydrogens is 723 g/mol. The minimum atomic E-state index is -5.85. The first-order valence-corrected chi connectivity index (χ1v) is 15.0. The minimum absolute atomic E-state index is 0.00635. The number of nitrogens with two attached hydrogens (primary N) is 2. The van der Waals surface area contributed by atoms with Crippen molar-refractivity contribution in [2.45, 2.75) is 56.7 Å². The zero-order valence-electron chi connectivity index (χ0n) is 26.5. The number of rotatable bonds is 9. The number of anilines is 1. The fourth-order valence-corrected chi connectivity index (χ4v) is 5.24. The molecule has 0 aliphatic carbocycles. The highest BCUT2D eigenvalue weighted by Crippen LogP contribution is 2.45. The number of aromatic nitrogens is 1. The smallest absolute Gasteiger partial charge is 0.419 e. The third-order valence-electron chi connectivity index (χ3n) is 7.76. The quantitative estimate of drug-likeness (QED) is 0.166. The molecule has 1 aromatic heterocycles. The summed E-state index contributed by atoms with van der Waals surface area (Å²) in [5, 5.41) is 0. The maximum absolute atomic E-state index is 13.9. The number of nitrogens with zero attached hydrogens (tertiary/aromatic N) is 2. The number of hydrogen-bond donors (Lipinski definition) is 2. The Morgan fingerprint density at radius 1 is 0.750 bits per heavy atom. The van der Waals surface area contributed by atoms with Gasteiger partial charge in [0.2, 0.25) is 0 Å². The molecule has 20 heteroatoms. The molecule has 2 heterocycles. The summed E-state index contributed by atoms with van der Waals surface area (Å²) in [4.78, 5) is 54.8. The molecule has 1 fully saturated rings. The number of esters is 3. The van der Waals surface area contributed by atoms with E-state index in [0.717, 1.165) is 22.2 Å². The molecule has 1 aliphatic heterocycles. The molecule has 4 N–H and O–H groups in total. The van der Waals surface area contributed by atoms with Crippen molar-refractivity contribution in [3.8, 4) is 17.2 Å². The number of piperidine rings is 1. The summed E-state index contributed by atoms with van der Waals surface area (Å²) < 4.78 is 134. The minimum Gasteiger partial charge on any atom is -0.419 e. The van der Waals surface area contributed by atoms with Gasteiger partial charge in [0.25, 0.3) is 5.91 Å². The summed E-state index contributed by atoms with van der Waals surface area (Å²) in [5.74, 6) is -15.3. The number of carbonyl (C=O) groups excluding carboxylic acids is 4. The third-order valence-corrected chi connectivity index (χ3v) is 7.76. The van der Waals surface area contributed by atoms with E-state index in [1.165, 1.54) is 12.1 Å². The van der Waals surface area contributed by atoms with Gasteiger partial charge in [0, 0.05) is 37.5 Å². The molecule has 0 bridgehead atoms. The number of likely N-dealkylation sites (tertiary alicyclic amines) is 1. The summed E-state index contributed by atoms with van der Waals surface area (Å²) in [6.07, 6.45) is -17.1.